The van der Waals surface area contributed by atoms with Gasteiger partial charge in [0.2, 0.25) is 0 Å². The highest BCUT2D eigenvalue weighted by atomic mass is 16.6. The van der Waals surface area contributed by atoms with E-state index in [4.69, 9.17) is 14.2 Å². The molecule has 0 fully saturated rings. The second-order valence-electron chi connectivity index (χ2n) is 23.8. The molecule has 0 radical (unpaired) electrons. The largest absolute Gasteiger partial charge is 0.462 e. The molecule has 0 aromatic carbocycles. The quantitative estimate of drug-likeness (QED) is 0.0261. The van der Waals surface area contributed by atoms with E-state index in [0.717, 1.165) is 64.2 Å². The summed E-state index contributed by atoms with van der Waals surface area (Å²) in [5.41, 5.74) is 0. The maximum absolute atomic E-state index is 12.9. The average molecular weight is 1100 g/mol. The molecule has 0 aliphatic rings. The molecule has 0 rings (SSSR count). The van der Waals surface area contributed by atoms with Gasteiger partial charge in [0.1, 0.15) is 13.2 Å². The molecule has 0 spiro atoms. The maximum atomic E-state index is 12.9. The molecule has 0 saturated carbocycles. The molecular weight excluding hydrogens is 961 g/mol. The SMILES string of the molecule is CCCCCCC/C=C\C/C=C\CCCCCCCCCCCCCCCCCCCCCC(=O)OCC(COC(=O)CCCCCCCCCCCC)OC(=O)CCCCCCCCCCC/C=C\CCCCCCCC. The van der Waals surface area contributed by atoms with Gasteiger partial charge in [0.25, 0.3) is 0 Å². The van der Waals surface area contributed by atoms with Crippen LogP contribution in [0, 0.1) is 0 Å². The van der Waals surface area contributed by atoms with E-state index >= 15 is 0 Å². The van der Waals surface area contributed by atoms with Gasteiger partial charge < -0.3 is 14.2 Å². The summed E-state index contributed by atoms with van der Waals surface area (Å²) < 4.78 is 16.9. The first-order chi connectivity index (χ1) is 38.5. The van der Waals surface area contributed by atoms with Crippen LogP contribution >= 0.6 is 0 Å². The highest BCUT2D eigenvalue weighted by molar-refractivity contribution is 5.71. The minimum Gasteiger partial charge on any atom is -0.462 e. The van der Waals surface area contributed by atoms with Crippen molar-refractivity contribution in [1.29, 1.82) is 0 Å². The summed E-state index contributed by atoms with van der Waals surface area (Å²) in [5, 5.41) is 0. The minimum atomic E-state index is -0.769. The summed E-state index contributed by atoms with van der Waals surface area (Å²) in [4.78, 5) is 38.3. The molecule has 458 valence electrons. The molecule has 0 bridgehead atoms. The maximum Gasteiger partial charge on any atom is 0.306 e. The highest BCUT2D eigenvalue weighted by Gasteiger charge is 2.19. The Kier molecular flexibility index (Phi) is 65.1. The van der Waals surface area contributed by atoms with Crippen molar-refractivity contribution in [3.05, 3.63) is 36.5 Å². The molecule has 0 heterocycles. The summed E-state index contributed by atoms with van der Waals surface area (Å²) in [7, 11) is 0. The van der Waals surface area contributed by atoms with Crippen molar-refractivity contribution in [3.8, 4) is 0 Å². The molecule has 0 aromatic heterocycles. The molecule has 78 heavy (non-hydrogen) atoms. The van der Waals surface area contributed by atoms with Crippen molar-refractivity contribution < 1.29 is 28.6 Å². The van der Waals surface area contributed by atoms with Crippen molar-refractivity contribution in [2.45, 2.75) is 393 Å². The first kappa shape index (κ1) is 75.6. The number of carbonyl (C=O) groups excluding carboxylic acids is 3. The Bertz CT molecular complexity index is 1300. The zero-order valence-electron chi connectivity index (χ0n) is 52.7. The number of ether oxygens (including phenoxy) is 3. The van der Waals surface area contributed by atoms with Gasteiger partial charge in [-0.3, -0.25) is 14.4 Å². The minimum absolute atomic E-state index is 0.0671. The van der Waals surface area contributed by atoms with Crippen molar-refractivity contribution in [1.82, 2.24) is 0 Å². The highest BCUT2D eigenvalue weighted by Crippen LogP contribution is 2.18. The average Bonchev–Trinajstić information content (AvgIpc) is 3.44. The molecule has 0 aliphatic carbocycles. The van der Waals surface area contributed by atoms with E-state index in [1.807, 2.05) is 0 Å². The molecule has 0 N–H and O–H groups in total. The third-order valence-electron chi connectivity index (χ3n) is 15.9. The van der Waals surface area contributed by atoms with Crippen molar-refractivity contribution in [2.75, 3.05) is 13.2 Å². The van der Waals surface area contributed by atoms with Crippen LogP contribution in [0.1, 0.15) is 387 Å². The Hall–Kier alpha value is -2.37. The monoisotopic (exact) mass is 1100 g/mol. The predicted molar refractivity (Wildman–Crippen MR) is 339 cm³/mol. The number of hydrogen-bond donors (Lipinski definition) is 0. The molecule has 0 aliphatic heterocycles. The molecule has 6 heteroatoms. The second-order valence-corrected chi connectivity index (χ2v) is 23.8. The number of carbonyl (C=O) groups is 3. The summed E-state index contributed by atoms with van der Waals surface area (Å²) in [6, 6.07) is 0. The summed E-state index contributed by atoms with van der Waals surface area (Å²) >= 11 is 0. The lowest BCUT2D eigenvalue weighted by molar-refractivity contribution is -0.167. The van der Waals surface area contributed by atoms with Crippen LogP contribution in [0.25, 0.3) is 0 Å². The normalized spacial score (nSPS) is 12.2. The van der Waals surface area contributed by atoms with Gasteiger partial charge in [0, 0.05) is 19.3 Å². The molecule has 1 unspecified atom stereocenters. The van der Waals surface area contributed by atoms with Crippen molar-refractivity contribution >= 4 is 17.9 Å². The smallest absolute Gasteiger partial charge is 0.306 e. The lowest BCUT2D eigenvalue weighted by Crippen LogP contribution is -2.30. The molecule has 0 aromatic rings. The van der Waals surface area contributed by atoms with E-state index in [0.29, 0.717) is 19.3 Å². The first-order valence-electron chi connectivity index (χ1n) is 35.0. The Balaban J connectivity index is 4.09. The fourth-order valence-corrected chi connectivity index (χ4v) is 10.6. The van der Waals surface area contributed by atoms with Crippen molar-refractivity contribution in [3.63, 3.8) is 0 Å². The zero-order valence-corrected chi connectivity index (χ0v) is 52.7. The number of esters is 3. The molecule has 1 atom stereocenters. The fraction of sp³-hybridized carbons (Fsp3) is 0.875. The molecule has 0 saturated heterocycles. The van der Waals surface area contributed by atoms with Crippen LogP contribution in [-0.4, -0.2) is 37.2 Å². The third kappa shape index (κ3) is 64.5. The van der Waals surface area contributed by atoms with Crippen LogP contribution < -0.4 is 0 Å². The van der Waals surface area contributed by atoms with E-state index in [-0.39, 0.29) is 31.1 Å². The Labute approximate surface area is 486 Å². The standard InChI is InChI=1S/C72H134O6/c1-4-7-10-13-16-19-22-24-26-28-30-31-32-33-34-35-36-37-38-39-40-41-43-44-46-48-50-53-56-59-62-65-71(74)77-68-69(67-76-70(73)64-61-58-55-52-21-18-15-12-9-6-3)78-72(75)66-63-60-57-54-51-49-47-45-42-29-27-25-23-20-17-14-11-8-5-2/h22,24-25,27-28,30,69H,4-21,23,26,29,31-68H2,1-3H3/b24-22-,27-25-,30-28-. The van der Waals surface area contributed by atoms with Gasteiger partial charge in [-0.25, -0.2) is 0 Å². The number of unbranched alkanes of at least 4 members (excludes halogenated alkanes) is 48. The second kappa shape index (κ2) is 67.1. The van der Waals surface area contributed by atoms with Gasteiger partial charge in [0.15, 0.2) is 6.10 Å². The van der Waals surface area contributed by atoms with Gasteiger partial charge in [-0.05, 0) is 77.0 Å². The summed E-state index contributed by atoms with van der Waals surface area (Å²) in [6.45, 7) is 6.68. The van der Waals surface area contributed by atoms with E-state index in [9.17, 15) is 14.4 Å². The molecule has 6 nitrogen and oxygen atoms in total. The van der Waals surface area contributed by atoms with Gasteiger partial charge in [-0.1, -0.05) is 327 Å². The zero-order chi connectivity index (χ0) is 56.4. The Morgan fingerprint density at radius 2 is 0.462 bits per heavy atom. The number of rotatable bonds is 65. The lowest BCUT2D eigenvalue weighted by Gasteiger charge is -2.18. The van der Waals surface area contributed by atoms with Crippen LogP contribution in [0.3, 0.4) is 0 Å². The van der Waals surface area contributed by atoms with Crippen LogP contribution in [-0.2, 0) is 28.6 Å². The summed E-state index contributed by atoms with van der Waals surface area (Å²) in [6.07, 6.45) is 83.3. The van der Waals surface area contributed by atoms with Gasteiger partial charge in [-0.2, -0.15) is 0 Å². The third-order valence-corrected chi connectivity index (χ3v) is 15.9. The lowest BCUT2D eigenvalue weighted by atomic mass is 10.0. The first-order valence-corrected chi connectivity index (χ1v) is 35.0. The molecular formula is C72H134O6. The van der Waals surface area contributed by atoms with Gasteiger partial charge in [-0.15, -0.1) is 0 Å². The van der Waals surface area contributed by atoms with Gasteiger partial charge >= 0.3 is 17.9 Å². The number of hydrogen-bond acceptors (Lipinski definition) is 6. The number of allylic oxidation sites excluding steroid dienone is 6. The van der Waals surface area contributed by atoms with E-state index in [1.54, 1.807) is 0 Å². The molecule has 0 amide bonds. The topological polar surface area (TPSA) is 78.9 Å². The predicted octanol–water partition coefficient (Wildman–Crippen LogP) is 23.9. The van der Waals surface area contributed by atoms with E-state index < -0.39 is 6.10 Å². The van der Waals surface area contributed by atoms with Crippen LogP contribution in [0.15, 0.2) is 36.5 Å². The van der Waals surface area contributed by atoms with Crippen molar-refractivity contribution in [2.24, 2.45) is 0 Å². The Morgan fingerprint density at radius 3 is 0.718 bits per heavy atom. The Morgan fingerprint density at radius 1 is 0.256 bits per heavy atom. The van der Waals surface area contributed by atoms with Crippen LogP contribution in [0.5, 0.6) is 0 Å². The van der Waals surface area contributed by atoms with Crippen LogP contribution in [0.4, 0.5) is 0 Å². The fourth-order valence-electron chi connectivity index (χ4n) is 10.6. The van der Waals surface area contributed by atoms with E-state index in [1.165, 1.54) is 283 Å². The van der Waals surface area contributed by atoms with E-state index in [2.05, 4.69) is 57.2 Å². The van der Waals surface area contributed by atoms with Gasteiger partial charge in [0.05, 0.1) is 0 Å². The summed E-state index contributed by atoms with van der Waals surface area (Å²) in [5.74, 6) is -0.844. The van der Waals surface area contributed by atoms with Crippen LogP contribution in [0.2, 0.25) is 0 Å².